The third-order valence-corrected chi connectivity index (χ3v) is 3.55. The van der Waals surface area contributed by atoms with Crippen LogP contribution < -0.4 is 10.9 Å². The summed E-state index contributed by atoms with van der Waals surface area (Å²) in [5.41, 5.74) is 3.11. The molecule has 0 fully saturated rings. The molecule has 1 amide bonds. The minimum atomic E-state index is -0.136. The van der Waals surface area contributed by atoms with Crippen molar-refractivity contribution in [1.29, 1.82) is 0 Å². The highest BCUT2D eigenvalue weighted by Gasteiger charge is 2.08. The number of alkyl halides is 1. The molecule has 0 unspecified atom stereocenters. The number of pyridine rings is 1. The molecule has 106 valence electrons. The van der Waals surface area contributed by atoms with Gasteiger partial charge < -0.3 is 10.3 Å². The summed E-state index contributed by atoms with van der Waals surface area (Å²) < 4.78 is 0. The molecule has 1 aromatic heterocycles. The van der Waals surface area contributed by atoms with Gasteiger partial charge in [0.25, 0.3) is 5.56 Å². The third-order valence-electron chi connectivity index (χ3n) is 3.36. The van der Waals surface area contributed by atoms with Gasteiger partial charge >= 0.3 is 0 Å². The first-order chi connectivity index (χ1) is 9.56. The van der Waals surface area contributed by atoms with Crippen molar-refractivity contribution in [3.05, 3.63) is 39.7 Å². The number of aromatic nitrogens is 1. The zero-order valence-corrected chi connectivity index (χ0v) is 12.3. The van der Waals surface area contributed by atoms with Gasteiger partial charge in [0.05, 0.1) is 5.52 Å². The highest BCUT2D eigenvalue weighted by molar-refractivity contribution is 6.19. The van der Waals surface area contributed by atoms with Crippen LogP contribution in [0.3, 0.4) is 0 Å². The summed E-state index contributed by atoms with van der Waals surface area (Å²) in [5.74, 6) is 0.151. The SMILES string of the molecule is CCc1c(C)c2ccc(NC(=O)CCCl)cc2[nH]c1=O. The summed E-state index contributed by atoms with van der Waals surface area (Å²) in [6.07, 6.45) is 0.967. The van der Waals surface area contributed by atoms with E-state index in [0.29, 0.717) is 12.1 Å². The highest BCUT2D eigenvalue weighted by atomic mass is 35.5. The fourth-order valence-electron chi connectivity index (χ4n) is 2.32. The quantitative estimate of drug-likeness (QED) is 0.851. The van der Waals surface area contributed by atoms with E-state index >= 15 is 0 Å². The maximum absolute atomic E-state index is 12.0. The van der Waals surface area contributed by atoms with Gasteiger partial charge in [-0.2, -0.15) is 0 Å². The number of fused-ring (bicyclic) bond motifs is 1. The lowest BCUT2D eigenvalue weighted by Gasteiger charge is -2.09. The molecule has 1 heterocycles. The van der Waals surface area contributed by atoms with Crippen LogP contribution in [0.1, 0.15) is 24.5 Å². The minimum absolute atomic E-state index is 0.0678. The van der Waals surface area contributed by atoms with Crippen LogP contribution in [0.2, 0.25) is 0 Å². The summed E-state index contributed by atoms with van der Waals surface area (Å²) in [6.45, 7) is 3.91. The molecule has 0 bridgehead atoms. The molecular weight excluding hydrogens is 276 g/mol. The number of nitrogens with one attached hydrogen (secondary N) is 2. The number of amides is 1. The highest BCUT2D eigenvalue weighted by Crippen LogP contribution is 2.21. The van der Waals surface area contributed by atoms with E-state index in [4.69, 9.17) is 11.6 Å². The minimum Gasteiger partial charge on any atom is -0.326 e. The largest absolute Gasteiger partial charge is 0.326 e. The van der Waals surface area contributed by atoms with E-state index in [1.807, 2.05) is 26.0 Å². The molecule has 2 aromatic rings. The van der Waals surface area contributed by atoms with E-state index in [1.54, 1.807) is 6.07 Å². The Kier molecular flexibility index (Phi) is 4.45. The molecule has 0 radical (unpaired) electrons. The standard InChI is InChI=1S/C15H17ClN2O2/c1-3-11-9(2)12-5-4-10(17-14(19)6-7-16)8-13(12)18-15(11)20/h4-5,8H,3,6-7H2,1-2H3,(H,17,19)(H,18,20). The average Bonchev–Trinajstić information content (AvgIpc) is 2.39. The summed E-state index contributed by atoms with van der Waals surface area (Å²) in [4.78, 5) is 26.3. The molecule has 0 saturated heterocycles. The van der Waals surface area contributed by atoms with Gasteiger partial charge in [0.15, 0.2) is 0 Å². The number of benzene rings is 1. The van der Waals surface area contributed by atoms with Crippen LogP contribution in [0.15, 0.2) is 23.0 Å². The molecule has 0 aliphatic carbocycles. The fraction of sp³-hybridized carbons (Fsp3) is 0.333. The Morgan fingerprint density at radius 1 is 1.40 bits per heavy atom. The van der Waals surface area contributed by atoms with Crippen molar-refractivity contribution in [2.45, 2.75) is 26.7 Å². The first-order valence-electron chi connectivity index (χ1n) is 6.58. The molecule has 5 heteroatoms. The van der Waals surface area contributed by atoms with E-state index in [0.717, 1.165) is 22.0 Å². The summed E-state index contributed by atoms with van der Waals surface area (Å²) in [5, 5.41) is 3.75. The summed E-state index contributed by atoms with van der Waals surface area (Å²) >= 11 is 5.52. The van der Waals surface area contributed by atoms with Gasteiger partial charge in [-0.1, -0.05) is 13.0 Å². The number of aromatic amines is 1. The number of carbonyl (C=O) groups is 1. The van der Waals surface area contributed by atoms with Crippen LogP contribution >= 0.6 is 11.6 Å². The Morgan fingerprint density at radius 3 is 2.80 bits per heavy atom. The van der Waals surface area contributed by atoms with E-state index in [-0.39, 0.29) is 23.8 Å². The second kappa shape index (κ2) is 6.09. The van der Waals surface area contributed by atoms with Crippen LogP contribution in [-0.4, -0.2) is 16.8 Å². The molecule has 0 atom stereocenters. The van der Waals surface area contributed by atoms with Gasteiger partial charge in [-0.15, -0.1) is 11.6 Å². The molecule has 1 aromatic carbocycles. The van der Waals surface area contributed by atoms with Gasteiger partial charge in [0, 0.05) is 28.9 Å². The van der Waals surface area contributed by atoms with Gasteiger partial charge in [-0.05, 0) is 31.0 Å². The van der Waals surface area contributed by atoms with Crippen LogP contribution in [0, 0.1) is 6.92 Å². The number of hydrogen-bond acceptors (Lipinski definition) is 2. The van der Waals surface area contributed by atoms with Crippen LogP contribution in [0.4, 0.5) is 5.69 Å². The summed E-state index contributed by atoms with van der Waals surface area (Å²) in [7, 11) is 0. The molecule has 0 spiro atoms. The van der Waals surface area contributed by atoms with Crippen molar-refractivity contribution in [3.63, 3.8) is 0 Å². The van der Waals surface area contributed by atoms with Crippen LogP contribution in [0.25, 0.3) is 10.9 Å². The first kappa shape index (κ1) is 14.6. The number of rotatable bonds is 4. The maximum Gasteiger partial charge on any atom is 0.251 e. The average molecular weight is 293 g/mol. The van der Waals surface area contributed by atoms with Gasteiger partial charge in [0.2, 0.25) is 5.91 Å². The zero-order valence-electron chi connectivity index (χ0n) is 11.5. The second-order valence-corrected chi connectivity index (χ2v) is 5.04. The Balaban J connectivity index is 2.45. The van der Waals surface area contributed by atoms with E-state index < -0.39 is 0 Å². The predicted molar refractivity (Wildman–Crippen MR) is 82.7 cm³/mol. The number of halogens is 1. The molecule has 20 heavy (non-hydrogen) atoms. The lowest BCUT2D eigenvalue weighted by atomic mass is 10.0. The Hall–Kier alpha value is -1.81. The summed E-state index contributed by atoms with van der Waals surface area (Å²) in [6, 6.07) is 5.52. The molecule has 0 saturated carbocycles. The monoisotopic (exact) mass is 292 g/mol. The molecule has 2 rings (SSSR count). The first-order valence-corrected chi connectivity index (χ1v) is 7.11. The van der Waals surface area contributed by atoms with E-state index in [9.17, 15) is 9.59 Å². The smallest absolute Gasteiger partial charge is 0.251 e. The molecule has 4 nitrogen and oxygen atoms in total. The van der Waals surface area contributed by atoms with Crippen molar-refractivity contribution in [2.24, 2.45) is 0 Å². The molecule has 0 aliphatic heterocycles. The van der Waals surface area contributed by atoms with Crippen LogP contribution in [-0.2, 0) is 11.2 Å². The van der Waals surface area contributed by atoms with Gasteiger partial charge in [0.1, 0.15) is 0 Å². The maximum atomic E-state index is 12.0. The van der Waals surface area contributed by atoms with Crippen molar-refractivity contribution in [2.75, 3.05) is 11.2 Å². The van der Waals surface area contributed by atoms with Crippen molar-refractivity contribution in [3.8, 4) is 0 Å². The van der Waals surface area contributed by atoms with Crippen molar-refractivity contribution < 1.29 is 4.79 Å². The third kappa shape index (κ3) is 2.85. The Morgan fingerprint density at radius 2 is 2.15 bits per heavy atom. The predicted octanol–water partition coefficient (Wildman–Crippen LogP) is 2.97. The van der Waals surface area contributed by atoms with Gasteiger partial charge in [-0.3, -0.25) is 9.59 Å². The van der Waals surface area contributed by atoms with Crippen molar-refractivity contribution in [1.82, 2.24) is 4.98 Å². The number of carbonyl (C=O) groups excluding carboxylic acids is 1. The molecular formula is C15H17ClN2O2. The second-order valence-electron chi connectivity index (χ2n) is 4.66. The number of anilines is 1. The van der Waals surface area contributed by atoms with E-state index in [1.165, 1.54) is 0 Å². The fourth-order valence-corrected chi connectivity index (χ4v) is 2.49. The van der Waals surface area contributed by atoms with Gasteiger partial charge in [-0.25, -0.2) is 0 Å². The number of aryl methyl sites for hydroxylation is 1. The lowest BCUT2D eigenvalue weighted by Crippen LogP contribution is -2.15. The number of H-pyrrole nitrogens is 1. The molecule has 2 N–H and O–H groups in total. The van der Waals surface area contributed by atoms with E-state index in [2.05, 4.69) is 10.3 Å². The number of hydrogen-bond donors (Lipinski definition) is 2. The van der Waals surface area contributed by atoms with Crippen molar-refractivity contribution >= 4 is 34.1 Å². The lowest BCUT2D eigenvalue weighted by molar-refractivity contribution is -0.115. The normalized spacial score (nSPS) is 10.8. The Bertz CT molecular complexity index is 707. The molecule has 0 aliphatic rings. The Labute approximate surface area is 122 Å². The topological polar surface area (TPSA) is 62.0 Å². The van der Waals surface area contributed by atoms with Crippen LogP contribution in [0.5, 0.6) is 0 Å². The zero-order chi connectivity index (χ0) is 14.7.